The van der Waals surface area contributed by atoms with Crippen LogP contribution in [0.25, 0.3) is 0 Å². The van der Waals surface area contributed by atoms with Crippen molar-refractivity contribution >= 4 is 23.5 Å². The summed E-state index contributed by atoms with van der Waals surface area (Å²) in [5.74, 6) is -0.786. The highest BCUT2D eigenvalue weighted by Gasteiger charge is 2.52. The van der Waals surface area contributed by atoms with Crippen molar-refractivity contribution in [3.63, 3.8) is 0 Å². The number of anilines is 1. The highest BCUT2D eigenvalue weighted by Crippen LogP contribution is 2.43. The summed E-state index contributed by atoms with van der Waals surface area (Å²) in [6, 6.07) is 15.2. The molecule has 0 aliphatic carbocycles. The van der Waals surface area contributed by atoms with Gasteiger partial charge in [-0.25, -0.2) is 0 Å². The van der Waals surface area contributed by atoms with E-state index >= 15 is 0 Å². The summed E-state index contributed by atoms with van der Waals surface area (Å²) < 4.78 is 5.15. The van der Waals surface area contributed by atoms with Gasteiger partial charge in [0.1, 0.15) is 5.54 Å². The Balaban J connectivity index is 1.63. The fraction of sp³-hybridized carbons (Fsp3) is 0.464. The average Bonchev–Trinajstić information content (AvgIpc) is 3.10. The molecule has 0 radical (unpaired) electrons. The van der Waals surface area contributed by atoms with E-state index in [9.17, 15) is 14.4 Å². The first-order valence-corrected chi connectivity index (χ1v) is 12.7. The van der Waals surface area contributed by atoms with Crippen molar-refractivity contribution in [2.75, 3.05) is 18.1 Å². The van der Waals surface area contributed by atoms with E-state index in [4.69, 9.17) is 4.74 Å². The molecule has 2 heterocycles. The van der Waals surface area contributed by atoms with Crippen molar-refractivity contribution in [3.8, 4) is 0 Å². The molecule has 7 heteroatoms. The van der Waals surface area contributed by atoms with Crippen molar-refractivity contribution in [1.82, 2.24) is 10.6 Å². The maximum Gasteiger partial charge on any atom is 0.305 e. The molecule has 7 nitrogen and oxygen atoms in total. The Labute approximate surface area is 207 Å². The molecule has 2 aromatic carbocycles. The Morgan fingerprint density at radius 1 is 1.09 bits per heavy atom. The van der Waals surface area contributed by atoms with E-state index in [1.54, 1.807) is 11.8 Å². The molecule has 0 bridgehead atoms. The number of benzene rings is 2. The lowest BCUT2D eigenvalue weighted by atomic mass is 9.85. The van der Waals surface area contributed by atoms with Crippen LogP contribution in [0.15, 0.2) is 48.5 Å². The van der Waals surface area contributed by atoms with Gasteiger partial charge in [-0.05, 0) is 43.4 Å². The zero-order valence-corrected chi connectivity index (χ0v) is 20.6. The largest absolute Gasteiger partial charge is 0.466 e. The van der Waals surface area contributed by atoms with Crippen LogP contribution in [0.1, 0.15) is 62.6 Å². The van der Waals surface area contributed by atoms with Gasteiger partial charge in [-0.1, -0.05) is 62.2 Å². The Kier molecular flexibility index (Phi) is 7.86. The maximum absolute atomic E-state index is 14.0. The smallest absolute Gasteiger partial charge is 0.305 e. The zero-order chi connectivity index (χ0) is 24.8. The van der Waals surface area contributed by atoms with Crippen LogP contribution < -0.4 is 15.5 Å². The SMILES string of the molecule is CCCCCN1C(=O)C(CCC(=O)OCC)(NC(=O)C2Cc3ccccc3CN2)c2ccccc21. The summed E-state index contributed by atoms with van der Waals surface area (Å²) in [4.78, 5) is 41.7. The molecule has 0 aromatic heterocycles. The van der Waals surface area contributed by atoms with Gasteiger partial charge in [-0.3, -0.25) is 14.4 Å². The molecule has 2 unspecified atom stereocenters. The predicted octanol–water partition coefficient (Wildman–Crippen LogP) is 3.59. The molecule has 2 aliphatic heterocycles. The molecular weight excluding hydrogens is 442 g/mol. The van der Waals surface area contributed by atoms with Gasteiger partial charge in [0.2, 0.25) is 5.91 Å². The topological polar surface area (TPSA) is 87.7 Å². The van der Waals surface area contributed by atoms with E-state index in [0.29, 0.717) is 19.5 Å². The molecule has 2 atom stereocenters. The molecular formula is C28H35N3O4. The molecule has 35 heavy (non-hydrogen) atoms. The number of para-hydroxylation sites is 1. The first-order valence-electron chi connectivity index (χ1n) is 12.7. The molecule has 2 aromatic rings. The number of carbonyl (C=O) groups excluding carboxylic acids is 3. The van der Waals surface area contributed by atoms with Gasteiger partial charge in [0.15, 0.2) is 0 Å². The second kappa shape index (κ2) is 11.0. The molecule has 2 amide bonds. The average molecular weight is 478 g/mol. The van der Waals surface area contributed by atoms with Crippen LogP contribution in [-0.2, 0) is 37.6 Å². The van der Waals surface area contributed by atoms with E-state index in [2.05, 4.69) is 23.6 Å². The van der Waals surface area contributed by atoms with E-state index in [1.807, 2.05) is 42.5 Å². The highest BCUT2D eigenvalue weighted by atomic mass is 16.5. The number of esters is 1. The number of amides is 2. The number of carbonyl (C=O) groups is 3. The number of nitrogens with one attached hydrogen (secondary N) is 2. The van der Waals surface area contributed by atoms with E-state index in [-0.39, 0.29) is 37.2 Å². The second-order valence-electron chi connectivity index (χ2n) is 9.29. The molecule has 2 N–H and O–H groups in total. The second-order valence-corrected chi connectivity index (χ2v) is 9.29. The summed E-state index contributed by atoms with van der Waals surface area (Å²) in [5, 5.41) is 6.43. The van der Waals surface area contributed by atoms with Crippen molar-refractivity contribution in [3.05, 3.63) is 65.2 Å². The first-order chi connectivity index (χ1) is 17.0. The van der Waals surface area contributed by atoms with Gasteiger partial charge >= 0.3 is 5.97 Å². The van der Waals surface area contributed by atoms with E-state index < -0.39 is 11.6 Å². The minimum atomic E-state index is -1.30. The van der Waals surface area contributed by atoms with E-state index in [1.165, 1.54) is 5.56 Å². The lowest BCUT2D eigenvalue weighted by Crippen LogP contribution is -2.58. The standard InChI is InChI=1S/C28H35N3O4/c1-3-5-10-17-31-24-14-9-8-13-22(24)28(27(31)34,16-15-25(32)35-4-2)30-26(33)23-18-20-11-6-7-12-21(20)19-29-23/h6-9,11-14,23,29H,3-5,10,15-19H2,1-2H3,(H,30,33). The van der Waals surface area contributed by atoms with Gasteiger partial charge in [-0.15, -0.1) is 0 Å². The van der Waals surface area contributed by atoms with Crippen LogP contribution in [0.3, 0.4) is 0 Å². The van der Waals surface area contributed by atoms with Gasteiger partial charge in [-0.2, -0.15) is 0 Å². The Morgan fingerprint density at radius 2 is 1.83 bits per heavy atom. The molecule has 186 valence electrons. The third-order valence-corrected chi connectivity index (χ3v) is 6.99. The van der Waals surface area contributed by atoms with Crippen LogP contribution in [0.2, 0.25) is 0 Å². The molecule has 0 spiro atoms. The van der Waals surface area contributed by atoms with Gasteiger partial charge < -0.3 is 20.3 Å². The summed E-state index contributed by atoms with van der Waals surface area (Å²) in [6.45, 7) is 5.33. The number of hydrogen-bond donors (Lipinski definition) is 2. The Bertz CT molecular complexity index is 1090. The zero-order valence-electron chi connectivity index (χ0n) is 20.6. The number of fused-ring (bicyclic) bond motifs is 2. The maximum atomic E-state index is 14.0. The molecule has 2 aliphatic rings. The van der Waals surface area contributed by atoms with Crippen LogP contribution in [0.5, 0.6) is 0 Å². The van der Waals surface area contributed by atoms with Crippen LogP contribution >= 0.6 is 0 Å². The summed E-state index contributed by atoms with van der Waals surface area (Å²) in [6.07, 6.45) is 3.67. The minimum Gasteiger partial charge on any atom is -0.466 e. The van der Waals surface area contributed by atoms with Crippen molar-refractivity contribution in [1.29, 1.82) is 0 Å². The number of unbranched alkanes of at least 4 members (excludes halogenated alkanes) is 2. The number of ether oxygens (including phenoxy) is 1. The normalized spacial score (nSPS) is 20.8. The third kappa shape index (κ3) is 5.10. The summed E-state index contributed by atoms with van der Waals surface area (Å²) in [7, 11) is 0. The highest BCUT2D eigenvalue weighted by molar-refractivity contribution is 6.10. The molecule has 0 saturated carbocycles. The van der Waals surface area contributed by atoms with Crippen molar-refractivity contribution in [2.45, 2.75) is 70.5 Å². The summed E-state index contributed by atoms with van der Waals surface area (Å²) >= 11 is 0. The van der Waals surface area contributed by atoms with Crippen molar-refractivity contribution < 1.29 is 19.1 Å². The lowest BCUT2D eigenvalue weighted by molar-refractivity contribution is -0.144. The summed E-state index contributed by atoms with van der Waals surface area (Å²) in [5.41, 5.74) is 2.56. The monoisotopic (exact) mass is 477 g/mol. The lowest BCUT2D eigenvalue weighted by Gasteiger charge is -2.33. The molecule has 0 saturated heterocycles. The molecule has 4 rings (SSSR count). The number of rotatable bonds is 10. The van der Waals surface area contributed by atoms with Crippen LogP contribution in [-0.4, -0.2) is 37.0 Å². The number of nitrogens with zero attached hydrogens (tertiary/aromatic N) is 1. The van der Waals surface area contributed by atoms with E-state index in [0.717, 1.165) is 36.1 Å². The van der Waals surface area contributed by atoms with Gasteiger partial charge in [0.25, 0.3) is 5.91 Å². The first kappa shape index (κ1) is 24.9. The fourth-order valence-electron chi connectivity index (χ4n) is 5.15. The van der Waals surface area contributed by atoms with Crippen LogP contribution in [0.4, 0.5) is 5.69 Å². The van der Waals surface area contributed by atoms with Gasteiger partial charge in [0, 0.05) is 30.8 Å². The fourth-order valence-corrected chi connectivity index (χ4v) is 5.15. The quantitative estimate of drug-likeness (QED) is 0.403. The Hall–Kier alpha value is -3.19. The minimum absolute atomic E-state index is 0.0396. The number of hydrogen-bond acceptors (Lipinski definition) is 5. The van der Waals surface area contributed by atoms with Crippen molar-refractivity contribution in [2.24, 2.45) is 0 Å². The van der Waals surface area contributed by atoms with Gasteiger partial charge in [0.05, 0.1) is 12.6 Å². The molecule has 0 fully saturated rings. The van der Waals surface area contributed by atoms with Crippen LogP contribution in [0, 0.1) is 0 Å². The third-order valence-electron chi connectivity index (χ3n) is 6.99. The Morgan fingerprint density at radius 3 is 2.60 bits per heavy atom. The predicted molar refractivity (Wildman–Crippen MR) is 135 cm³/mol.